The van der Waals surface area contributed by atoms with Crippen molar-refractivity contribution in [1.82, 2.24) is 0 Å². The Morgan fingerprint density at radius 3 is 2.25 bits per heavy atom. The molecule has 1 fully saturated rings. The summed E-state index contributed by atoms with van der Waals surface area (Å²) in [6.45, 7) is 4.66. The fourth-order valence-corrected chi connectivity index (χ4v) is 0.0680. The molecule has 48 valence electrons. The van der Waals surface area contributed by atoms with Crippen LogP contribution in [0.15, 0.2) is 0 Å². The maximum absolute atomic E-state index is 9.18. The lowest BCUT2D eigenvalue weighted by Gasteiger charge is -1.79. The third-order valence-electron chi connectivity index (χ3n) is 0.439. The molecule has 0 unspecified atom stereocenters. The van der Waals surface area contributed by atoms with Crippen LogP contribution in [0.4, 0.5) is 0 Å². The second-order valence-electron chi connectivity index (χ2n) is 1.16. The largest absolute Gasteiger partial charge is 0.468 e. The van der Waals surface area contributed by atoms with Crippen molar-refractivity contribution in [2.45, 2.75) is 6.92 Å². The quantitative estimate of drug-likeness (QED) is 0.384. The highest BCUT2D eigenvalue weighted by atomic mass is 16.6. The third kappa shape index (κ3) is 18.0. The molecule has 0 amide bonds. The lowest BCUT2D eigenvalue weighted by molar-refractivity contribution is -0.128. The van der Waals surface area contributed by atoms with Gasteiger partial charge in [-0.2, -0.15) is 0 Å². The summed E-state index contributed by atoms with van der Waals surface area (Å²) in [5, 5.41) is 0. The maximum Gasteiger partial charge on any atom is 0.293 e. The van der Waals surface area contributed by atoms with Crippen molar-refractivity contribution in [2.75, 3.05) is 19.8 Å². The molecule has 0 radical (unpaired) electrons. The molecule has 0 aromatic heterocycles. The van der Waals surface area contributed by atoms with Crippen LogP contribution >= 0.6 is 0 Å². The van der Waals surface area contributed by atoms with Crippen molar-refractivity contribution in [2.24, 2.45) is 0 Å². The van der Waals surface area contributed by atoms with Gasteiger partial charge in [0.15, 0.2) is 0 Å². The van der Waals surface area contributed by atoms with Crippen LogP contribution in [0, 0.1) is 0 Å². The Bertz CT molecular complexity index is 48.9. The van der Waals surface area contributed by atoms with E-state index >= 15 is 0 Å². The van der Waals surface area contributed by atoms with E-state index in [2.05, 4.69) is 9.47 Å². The standard InChI is InChI=1S/C3H6O2.C2H4O/c1-2-5-3-4;1-2-3-1/h3H,2H2,1H3;1-2H2. The molecule has 1 aliphatic rings. The highest BCUT2D eigenvalue weighted by molar-refractivity contribution is 5.36. The Labute approximate surface area is 48.6 Å². The van der Waals surface area contributed by atoms with Crippen molar-refractivity contribution in [3.8, 4) is 0 Å². The van der Waals surface area contributed by atoms with Crippen LogP contribution in [0.2, 0.25) is 0 Å². The van der Waals surface area contributed by atoms with Gasteiger partial charge in [-0.25, -0.2) is 0 Å². The third-order valence-corrected chi connectivity index (χ3v) is 0.439. The highest BCUT2D eigenvalue weighted by Crippen LogP contribution is 1.84. The van der Waals surface area contributed by atoms with E-state index in [1.54, 1.807) is 6.92 Å². The molecular formula is C5H10O3. The lowest BCUT2D eigenvalue weighted by Crippen LogP contribution is -1.80. The number of rotatable bonds is 2. The maximum atomic E-state index is 9.18. The molecule has 0 aromatic rings. The Hall–Kier alpha value is -0.570. The minimum Gasteiger partial charge on any atom is -0.468 e. The molecule has 0 spiro atoms. The first-order valence-electron chi connectivity index (χ1n) is 2.54. The molecule has 0 bridgehead atoms. The average Bonchev–Trinajstić information content (AvgIpc) is 2.50. The molecule has 3 nitrogen and oxygen atoms in total. The topological polar surface area (TPSA) is 38.8 Å². The van der Waals surface area contributed by atoms with E-state index < -0.39 is 0 Å². The smallest absolute Gasteiger partial charge is 0.293 e. The molecule has 0 N–H and O–H groups in total. The highest BCUT2D eigenvalue weighted by Gasteiger charge is 1.94. The molecular weight excluding hydrogens is 108 g/mol. The summed E-state index contributed by atoms with van der Waals surface area (Å²) in [5.41, 5.74) is 0. The number of ether oxygens (including phenoxy) is 2. The van der Waals surface area contributed by atoms with Gasteiger partial charge in [-0.15, -0.1) is 0 Å². The zero-order chi connectivity index (χ0) is 6.24. The molecule has 8 heavy (non-hydrogen) atoms. The van der Waals surface area contributed by atoms with Crippen molar-refractivity contribution >= 4 is 6.47 Å². The second kappa shape index (κ2) is 6.43. The number of carbonyl (C=O) groups excluding carboxylic acids is 1. The molecule has 0 aromatic carbocycles. The van der Waals surface area contributed by atoms with Gasteiger partial charge in [0, 0.05) is 0 Å². The van der Waals surface area contributed by atoms with Gasteiger partial charge in [0.1, 0.15) is 0 Å². The van der Waals surface area contributed by atoms with Crippen molar-refractivity contribution in [3.05, 3.63) is 0 Å². The van der Waals surface area contributed by atoms with E-state index in [1.165, 1.54) is 0 Å². The number of epoxide rings is 1. The molecule has 0 aliphatic carbocycles. The Balaban J connectivity index is 0.000000135. The van der Waals surface area contributed by atoms with Crippen molar-refractivity contribution < 1.29 is 14.3 Å². The molecule has 1 heterocycles. The van der Waals surface area contributed by atoms with Crippen LogP contribution < -0.4 is 0 Å². The van der Waals surface area contributed by atoms with Crippen LogP contribution in [0.1, 0.15) is 6.92 Å². The van der Waals surface area contributed by atoms with Crippen LogP contribution in [0.3, 0.4) is 0 Å². The number of hydrogen-bond acceptors (Lipinski definition) is 3. The minimum absolute atomic E-state index is 0.431. The summed E-state index contributed by atoms with van der Waals surface area (Å²) in [6, 6.07) is 0. The molecule has 1 rings (SSSR count). The summed E-state index contributed by atoms with van der Waals surface area (Å²) in [5.74, 6) is 0. The van der Waals surface area contributed by atoms with Crippen molar-refractivity contribution in [3.63, 3.8) is 0 Å². The van der Waals surface area contributed by atoms with Gasteiger partial charge in [-0.3, -0.25) is 4.79 Å². The zero-order valence-corrected chi connectivity index (χ0v) is 4.92. The van der Waals surface area contributed by atoms with E-state index in [1.807, 2.05) is 0 Å². The van der Waals surface area contributed by atoms with Gasteiger partial charge in [-0.05, 0) is 6.92 Å². The fraction of sp³-hybridized carbons (Fsp3) is 0.800. The molecule has 1 saturated heterocycles. The summed E-state index contributed by atoms with van der Waals surface area (Å²) < 4.78 is 8.65. The van der Waals surface area contributed by atoms with Crippen LogP contribution in [-0.2, 0) is 14.3 Å². The Morgan fingerprint density at radius 1 is 1.75 bits per heavy atom. The van der Waals surface area contributed by atoms with Crippen LogP contribution in [0.25, 0.3) is 0 Å². The first-order valence-corrected chi connectivity index (χ1v) is 2.54. The molecule has 0 atom stereocenters. The summed E-state index contributed by atoms with van der Waals surface area (Å²) in [7, 11) is 0. The van der Waals surface area contributed by atoms with Crippen molar-refractivity contribution in [1.29, 1.82) is 0 Å². The summed E-state index contributed by atoms with van der Waals surface area (Å²) in [4.78, 5) is 9.18. The second-order valence-corrected chi connectivity index (χ2v) is 1.16. The molecule has 0 saturated carbocycles. The van der Waals surface area contributed by atoms with E-state index in [4.69, 9.17) is 0 Å². The molecule has 1 aliphatic heterocycles. The Morgan fingerprint density at radius 2 is 2.25 bits per heavy atom. The van der Waals surface area contributed by atoms with Gasteiger partial charge < -0.3 is 9.47 Å². The monoisotopic (exact) mass is 118 g/mol. The van der Waals surface area contributed by atoms with E-state index in [9.17, 15) is 4.79 Å². The first kappa shape index (κ1) is 7.43. The average molecular weight is 118 g/mol. The normalized spacial score (nSPS) is 13.1. The van der Waals surface area contributed by atoms with Gasteiger partial charge in [0.2, 0.25) is 0 Å². The van der Waals surface area contributed by atoms with E-state index in [0.717, 1.165) is 13.2 Å². The number of hydrogen-bond donors (Lipinski definition) is 0. The van der Waals surface area contributed by atoms with Crippen LogP contribution in [-0.4, -0.2) is 26.3 Å². The number of carbonyl (C=O) groups is 1. The van der Waals surface area contributed by atoms with E-state index in [-0.39, 0.29) is 0 Å². The fourth-order valence-electron chi connectivity index (χ4n) is 0.0680. The predicted octanol–water partition coefficient (Wildman–Crippen LogP) is 0.196. The van der Waals surface area contributed by atoms with Gasteiger partial charge in [0.05, 0.1) is 19.8 Å². The van der Waals surface area contributed by atoms with Gasteiger partial charge in [0.25, 0.3) is 6.47 Å². The summed E-state index contributed by atoms with van der Waals surface area (Å²) in [6.07, 6.45) is 0. The van der Waals surface area contributed by atoms with E-state index in [0.29, 0.717) is 13.1 Å². The Kier molecular flexibility index (Phi) is 5.97. The van der Waals surface area contributed by atoms with Gasteiger partial charge in [-0.1, -0.05) is 0 Å². The summed E-state index contributed by atoms with van der Waals surface area (Å²) >= 11 is 0. The minimum atomic E-state index is 0.431. The SMILES string of the molecule is C1CO1.CCOC=O. The van der Waals surface area contributed by atoms with Gasteiger partial charge >= 0.3 is 0 Å². The zero-order valence-electron chi connectivity index (χ0n) is 4.92. The predicted molar refractivity (Wildman–Crippen MR) is 28.5 cm³/mol. The molecule has 3 heteroatoms. The lowest BCUT2D eigenvalue weighted by atomic mass is 10.9. The first-order chi connectivity index (χ1) is 3.91. The van der Waals surface area contributed by atoms with Crippen LogP contribution in [0.5, 0.6) is 0 Å².